The van der Waals surface area contributed by atoms with Crippen molar-refractivity contribution in [2.45, 2.75) is 70.2 Å². The Balaban J connectivity index is 1.33. The standard InChI is InChI=1S/C22H32N2O5/c25-21(26)11-7-2-1-6-10-17-18(20-13-12-19(17)29-20)14-23-24-22(27)28-15-16-8-4-3-5-9-16/h3-5,8-9,17-20,23H,1-2,6-7,10-15H2,(H,24,27)(H,25,26)/t17-,18-,19+,20-/m1/s1. The molecule has 2 saturated heterocycles. The number of benzene rings is 1. The Bertz CT molecular complexity index is 654. The summed E-state index contributed by atoms with van der Waals surface area (Å²) in [6.07, 6.45) is 7.56. The third kappa shape index (κ3) is 6.72. The van der Waals surface area contributed by atoms with Gasteiger partial charge in [0.1, 0.15) is 6.61 Å². The zero-order valence-electron chi connectivity index (χ0n) is 16.8. The molecule has 3 N–H and O–H groups in total. The summed E-state index contributed by atoms with van der Waals surface area (Å²) in [5.74, 6) is 0.178. The van der Waals surface area contributed by atoms with E-state index >= 15 is 0 Å². The molecule has 0 aromatic heterocycles. The highest BCUT2D eigenvalue weighted by Gasteiger charge is 2.47. The Kier molecular flexibility index (Phi) is 8.31. The molecule has 2 bridgehead atoms. The summed E-state index contributed by atoms with van der Waals surface area (Å²) in [7, 11) is 0. The van der Waals surface area contributed by atoms with Gasteiger partial charge in [-0.15, -0.1) is 0 Å². The second kappa shape index (κ2) is 11.2. The van der Waals surface area contributed by atoms with Crippen molar-refractivity contribution in [1.29, 1.82) is 0 Å². The van der Waals surface area contributed by atoms with Crippen molar-refractivity contribution in [3.05, 3.63) is 35.9 Å². The van der Waals surface area contributed by atoms with Gasteiger partial charge in [-0.25, -0.2) is 10.2 Å². The van der Waals surface area contributed by atoms with E-state index in [1.807, 2.05) is 30.3 Å². The van der Waals surface area contributed by atoms with E-state index in [0.29, 0.717) is 24.5 Å². The van der Waals surface area contributed by atoms with Crippen LogP contribution in [0.5, 0.6) is 0 Å². The van der Waals surface area contributed by atoms with E-state index < -0.39 is 12.1 Å². The SMILES string of the molecule is O=C(O)CCCCCC[C@@H]1[C@@H](CNNC(=O)OCc2ccccc2)[C@H]2CC[C@@H]1O2. The smallest absolute Gasteiger partial charge is 0.421 e. The van der Waals surface area contributed by atoms with E-state index in [2.05, 4.69) is 10.9 Å². The van der Waals surface area contributed by atoms with Crippen molar-refractivity contribution in [3.8, 4) is 0 Å². The number of carbonyl (C=O) groups is 2. The second-order valence-electron chi connectivity index (χ2n) is 8.03. The molecule has 3 rings (SSSR count). The fourth-order valence-electron chi connectivity index (χ4n) is 4.56. The fourth-order valence-corrected chi connectivity index (χ4v) is 4.56. The van der Waals surface area contributed by atoms with Crippen molar-refractivity contribution in [2.75, 3.05) is 6.54 Å². The second-order valence-corrected chi connectivity index (χ2v) is 8.03. The molecule has 2 fully saturated rings. The molecule has 2 aliphatic heterocycles. The van der Waals surface area contributed by atoms with Crippen molar-refractivity contribution >= 4 is 12.1 Å². The molecule has 0 radical (unpaired) electrons. The van der Waals surface area contributed by atoms with Gasteiger partial charge < -0.3 is 14.6 Å². The first-order valence-electron chi connectivity index (χ1n) is 10.7. The highest BCUT2D eigenvalue weighted by atomic mass is 16.6. The first-order chi connectivity index (χ1) is 14.1. The Labute approximate surface area is 172 Å². The Morgan fingerprint density at radius 1 is 1.03 bits per heavy atom. The molecule has 1 aromatic carbocycles. The van der Waals surface area contributed by atoms with Gasteiger partial charge >= 0.3 is 12.1 Å². The van der Waals surface area contributed by atoms with E-state index in [4.69, 9.17) is 14.6 Å². The predicted octanol–water partition coefficient (Wildman–Crippen LogP) is 3.64. The van der Waals surface area contributed by atoms with Gasteiger partial charge in [-0.3, -0.25) is 10.2 Å². The van der Waals surface area contributed by atoms with Crippen LogP contribution < -0.4 is 10.9 Å². The molecule has 0 spiro atoms. The molecular weight excluding hydrogens is 372 g/mol. The number of hydrogen-bond acceptors (Lipinski definition) is 5. The quantitative estimate of drug-likeness (QED) is 0.364. The van der Waals surface area contributed by atoms with Crippen LogP contribution in [-0.2, 0) is 20.9 Å². The average Bonchev–Trinajstić information content (AvgIpc) is 3.32. The Morgan fingerprint density at radius 2 is 1.76 bits per heavy atom. The maximum absolute atomic E-state index is 11.9. The molecule has 7 nitrogen and oxygen atoms in total. The van der Waals surface area contributed by atoms with Crippen molar-refractivity contribution in [3.63, 3.8) is 0 Å². The molecule has 0 saturated carbocycles. The average molecular weight is 405 g/mol. The van der Waals surface area contributed by atoms with Crippen LogP contribution in [0.1, 0.15) is 56.9 Å². The van der Waals surface area contributed by atoms with E-state index in [-0.39, 0.29) is 19.1 Å². The summed E-state index contributed by atoms with van der Waals surface area (Å²) >= 11 is 0. The highest BCUT2D eigenvalue weighted by molar-refractivity contribution is 5.66. The maximum Gasteiger partial charge on any atom is 0.421 e. The lowest BCUT2D eigenvalue weighted by Crippen LogP contribution is -2.44. The minimum absolute atomic E-state index is 0.246. The van der Waals surface area contributed by atoms with Crippen LogP contribution in [-0.4, -0.2) is 35.9 Å². The van der Waals surface area contributed by atoms with Crippen molar-refractivity contribution < 1.29 is 24.2 Å². The zero-order chi connectivity index (χ0) is 20.5. The van der Waals surface area contributed by atoms with Gasteiger partial charge in [-0.2, -0.15) is 0 Å². The van der Waals surface area contributed by atoms with Gasteiger partial charge in [-0.05, 0) is 37.2 Å². The lowest BCUT2D eigenvalue weighted by Gasteiger charge is -2.28. The monoisotopic (exact) mass is 404 g/mol. The van der Waals surface area contributed by atoms with Gasteiger partial charge in [0, 0.05) is 18.9 Å². The minimum atomic E-state index is -0.715. The first-order valence-corrected chi connectivity index (χ1v) is 10.7. The number of unbranched alkanes of at least 4 members (excludes halogenated alkanes) is 3. The number of aliphatic carboxylic acids is 1. The Morgan fingerprint density at radius 3 is 2.52 bits per heavy atom. The molecule has 2 heterocycles. The van der Waals surface area contributed by atoms with Crippen LogP contribution in [0.25, 0.3) is 0 Å². The third-order valence-corrected chi connectivity index (χ3v) is 6.01. The van der Waals surface area contributed by atoms with Crippen LogP contribution in [0.2, 0.25) is 0 Å². The summed E-state index contributed by atoms with van der Waals surface area (Å²) in [6.45, 7) is 0.918. The third-order valence-electron chi connectivity index (χ3n) is 6.01. The Hall–Kier alpha value is -2.12. The van der Waals surface area contributed by atoms with Crippen LogP contribution in [0.3, 0.4) is 0 Å². The van der Waals surface area contributed by atoms with Gasteiger partial charge in [0.05, 0.1) is 12.2 Å². The number of fused-ring (bicyclic) bond motifs is 2. The van der Waals surface area contributed by atoms with Crippen molar-refractivity contribution in [2.24, 2.45) is 11.8 Å². The number of carboxylic acids is 1. The van der Waals surface area contributed by atoms with Gasteiger partial charge in [0.2, 0.25) is 0 Å². The molecule has 160 valence electrons. The van der Waals surface area contributed by atoms with Gasteiger partial charge in [-0.1, -0.05) is 49.6 Å². The van der Waals surface area contributed by atoms with Crippen LogP contribution in [0, 0.1) is 11.8 Å². The molecule has 2 aliphatic rings. The predicted molar refractivity (Wildman–Crippen MR) is 108 cm³/mol. The van der Waals surface area contributed by atoms with Crippen LogP contribution >= 0.6 is 0 Å². The van der Waals surface area contributed by atoms with E-state index in [1.165, 1.54) is 0 Å². The maximum atomic E-state index is 11.9. The highest BCUT2D eigenvalue weighted by Crippen LogP contribution is 2.45. The number of nitrogens with one attached hydrogen (secondary N) is 2. The van der Waals surface area contributed by atoms with Gasteiger partial charge in [0.15, 0.2) is 0 Å². The lowest BCUT2D eigenvalue weighted by molar-refractivity contribution is -0.137. The minimum Gasteiger partial charge on any atom is -0.481 e. The molecule has 29 heavy (non-hydrogen) atoms. The molecule has 1 amide bonds. The van der Waals surface area contributed by atoms with Crippen LogP contribution in [0.4, 0.5) is 4.79 Å². The summed E-state index contributed by atoms with van der Waals surface area (Å²) < 4.78 is 11.3. The lowest BCUT2D eigenvalue weighted by atomic mass is 9.76. The zero-order valence-corrected chi connectivity index (χ0v) is 16.8. The summed E-state index contributed by atoms with van der Waals surface area (Å²) in [5.41, 5.74) is 6.62. The van der Waals surface area contributed by atoms with Crippen LogP contribution in [0.15, 0.2) is 30.3 Å². The first kappa shape index (κ1) is 21.6. The van der Waals surface area contributed by atoms with Crippen molar-refractivity contribution in [1.82, 2.24) is 10.9 Å². The molecule has 1 aromatic rings. The van der Waals surface area contributed by atoms with Gasteiger partial charge in [0.25, 0.3) is 0 Å². The number of carboxylic acid groups (broad SMARTS) is 1. The summed E-state index contributed by atoms with van der Waals surface area (Å²) in [5, 5.41) is 8.70. The fraction of sp³-hybridized carbons (Fsp3) is 0.636. The van der Waals surface area contributed by atoms with E-state index in [0.717, 1.165) is 50.5 Å². The molecule has 0 aliphatic carbocycles. The topological polar surface area (TPSA) is 96.9 Å². The molecule has 0 unspecified atom stereocenters. The largest absolute Gasteiger partial charge is 0.481 e. The number of hydrogen-bond donors (Lipinski definition) is 3. The van der Waals surface area contributed by atoms with E-state index in [1.54, 1.807) is 0 Å². The molecular formula is C22H32N2O5. The number of hydrazine groups is 1. The normalized spacial score (nSPS) is 25.1. The summed E-state index contributed by atoms with van der Waals surface area (Å²) in [6, 6.07) is 9.58. The van der Waals surface area contributed by atoms with E-state index in [9.17, 15) is 9.59 Å². The molecule has 4 atom stereocenters. The number of ether oxygens (including phenoxy) is 2. The molecule has 7 heteroatoms. The number of rotatable bonds is 12. The summed E-state index contributed by atoms with van der Waals surface area (Å²) in [4.78, 5) is 22.5. The number of carbonyl (C=O) groups excluding carboxylic acids is 1. The number of amides is 1.